The summed E-state index contributed by atoms with van der Waals surface area (Å²) in [7, 11) is -2.92. The van der Waals surface area contributed by atoms with E-state index in [1.807, 2.05) is 0 Å². The number of unbranched alkanes of at least 4 members (excludes halogenated alkanes) is 30. The molecule has 0 unspecified atom stereocenters. The monoisotopic (exact) mass is 768 g/mol. The lowest BCUT2D eigenvalue weighted by molar-refractivity contribution is 0.247. The van der Waals surface area contributed by atoms with Gasteiger partial charge in [0.2, 0.25) is 0 Å². The lowest BCUT2D eigenvalue weighted by atomic mass is 10.1. The largest absolute Gasteiger partial charge is 0.286 e. The molecule has 0 aromatic heterocycles. The molecule has 0 aliphatic rings. The van der Waals surface area contributed by atoms with Crippen LogP contribution in [0.4, 0.5) is 0 Å². The zero-order chi connectivity index (χ0) is 38.9. The zero-order valence-corrected chi connectivity index (χ0v) is 38.8. The Labute approximate surface area is 337 Å². The Kier molecular flexibility index (Phi) is 41.8. The lowest BCUT2D eigenvalue weighted by Gasteiger charge is -2.46. The van der Waals surface area contributed by atoms with Gasteiger partial charge < -0.3 is 0 Å². The summed E-state index contributed by atoms with van der Waals surface area (Å²) < 4.78 is 24.6. The normalized spacial score (nSPS) is 12.3. The molecule has 53 heavy (non-hydrogen) atoms. The fourth-order valence-corrected chi connectivity index (χ4v) is 11.6. The van der Waals surface area contributed by atoms with Gasteiger partial charge in [-0.1, -0.05) is 234 Å². The van der Waals surface area contributed by atoms with Crippen LogP contribution in [0, 0.1) is 0 Å². The third-order valence-corrected chi connectivity index (χ3v) is 15.1. The van der Waals surface area contributed by atoms with E-state index in [9.17, 15) is 0 Å². The van der Waals surface area contributed by atoms with E-state index in [0.717, 1.165) is 39.3 Å². The summed E-state index contributed by atoms with van der Waals surface area (Å²) in [6.07, 6.45) is 47.0. The van der Waals surface area contributed by atoms with Crippen LogP contribution in [0.1, 0.15) is 273 Å². The van der Waals surface area contributed by atoms with Gasteiger partial charge >= 0.3 is 0 Å². The van der Waals surface area contributed by atoms with Gasteiger partial charge in [0.05, 0.1) is 0 Å². The molecule has 0 bridgehead atoms. The van der Waals surface area contributed by atoms with Gasteiger partial charge in [-0.15, -0.1) is 0 Å². The van der Waals surface area contributed by atoms with Gasteiger partial charge in [-0.05, 0) is 38.5 Å². The smallest absolute Gasteiger partial charge is 0.270 e. The van der Waals surface area contributed by atoms with Gasteiger partial charge in [0.1, 0.15) is 0 Å². The predicted octanol–water partition coefficient (Wildman–Crippen LogP) is 17.2. The molecule has 0 atom stereocenters. The SMILES string of the molecule is CCCCCCCCN(CCCCCCCC)P(=O)(N(CCCCCCCC)CCCCCCCC)N(CCCCCCCC)CCCCCCCC. The molecular weight excluding hydrogens is 666 g/mol. The van der Waals surface area contributed by atoms with Gasteiger partial charge in [-0.25, -0.2) is 14.0 Å². The van der Waals surface area contributed by atoms with Crippen molar-refractivity contribution in [3.8, 4) is 0 Å². The second-order valence-electron chi connectivity index (χ2n) is 17.0. The van der Waals surface area contributed by atoms with E-state index < -0.39 is 7.59 Å². The Morgan fingerprint density at radius 3 is 0.509 bits per heavy atom. The molecule has 0 rings (SSSR count). The van der Waals surface area contributed by atoms with Crippen LogP contribution in [-0.4, -0.2) is 53.3 Å². The molecule has 0 aliphatic carbocycles. The van der Waals surface area contributed by atoms with Crippen LogP contribution < -0.4 is 0 Å². The first-order valence-electron chi connectivity index (χ1n) is 24.9. The van der Waals surface area contributed by atoms with Crippen molar-refractivity contribution in [2.75, 3.05) is 39.3 Å². The van der Waals surface area contributed by atoms with E-state index in [4.69, 9.17) is 0 Å². The first kappa shape index (κ1) is 53.1. The maximum Gasteiger partial charge on any atom is 0.286 e. The fraction of sp³-hybridized carbons (Fsp3) is 1.00. The van der Waals surface area contributed by atoms with Crippen molar-refractivity contribution in [3.05, 3.63) is 0 Å². The Bertz CT molecular complexity index is 605. The van der Waals surface area contributed by atoms with Crippen molar-refractivity contribution in [2.24, 2.45) is 0 Å². The molecule has 0 aliphatic heterocycles. The fourth-order valence-electron chi connectivity index (χ4n) is 8.10. The lowest BCUT2D eigenvalue weighted by Crippen LogP contribution is -2.43. The predicted molar refractivity (Wildman–Crippen MR) is 243 cm³/mol. The summed E-state index contributed by atoms with van der Waals surface area (Å²) >= 11 is 0. The molecule has 0 N–H and O–H groups in total. The van der Waals surface area contributed by atoms with Crippen LogP contribution in [0.5, 0.6) is 0 Å². The van der Waals surface area contributed by atoms with Crippen molar-refractivity contribution in [1.82, 2.24) is 14.0 Å². The van der Waals surface area contributed by atoms with E-state index in [2.05, 4.69) is 55.6 Å². The number of hydrogen-bond acceptors (Lipinski definition) is 1. The average Bonchev–Trinajstić information content (AvgIpc) is 3.16. The summed E-state index contributed by atoms with van der Waals surface area (Å²) in [6, 6.07) is 0. The van der Waals surface area contributed by atoms with E-state index in [0.29, 0.717) is 0 Å². The molecule has 0 aromatic carbocycles. The highest BCUT2D eigenvalue weighted by Crippen LogP contribution is 2.57. The Morgan fingerprint density at radius 1 is 0.226 bits per heavy atom. The number of nitrogens with zero attached hydrogens (tertiary/aromatic N) is 3. The maximum atomic E-state index is 16.7. The first-order valence-corrected chi connectivity index (χ1v) is 26.5. The molecule has 5 heteroatoms. The molecule has 320 valence electrons. The third kappa shape index (κ3) is 29.9. The van der Waals surface area contributed by atoms with Crippen molar-refractivity contribution in [3.63, 3.8) is 0 Å². The number of hydrogen-bond donors (Lipinski definition) is 0. The van der Waals surface area contributed by atoms with Crippen molar-refractivity contribution >= 4 is 7.59 Å². The van der Waals surface area contributed by atoms with Crippen molar-refractivity contribution in [1.29, 1.82) is 0 Å². The van der Waals surface area contributed by atoms with Gasteiger partial charge in [-0.2, -0.15) is 0 Å². The summed E-state index contributed by atoms with van der Waals surface area (Å²) in [4.78, 5) is 0. The molecule has 4 nitrogen and oxygen atoms in total. The van der Waals surface area contributed by atoms with Crippen LogP contribution in [0.15, 0.2) is 0 Å². The van der Waals surface area contributed by atoms with Crippen molar-refractivity contribution < 1.29 is 4.57 Å². The van der Waals surface area contributed by atoms with Crippen LogP contribution in [0.25, 0.3) is 0 Å². The highest BCUT2D eigenvalue weighted by Gasteiger charge is 2.41. The second kappa shape index (κ2) is 41.7. The maximum absolute atomic E-state index is 16.7. The van der Waals surface area contributed by atoms with Crippen molar-refractivity contribution in [2.45, 2.75) is 273 Å². The van der Waals surface area contributed by atoms with E-state index >= 15 is 4.57 Å². The second-order valence-corrected chi connectivity index (χ2v) is 19.7. The minimum Gasteiger partial charge on any atom is -0.270 e. The van der Waals surface area contributed by atoms with Crippen LogP contribution in [-0.2, 0) is 4.57 Å². The molecule has 0 saturated heterocycles. The Morgan fingerprint density at radius 2 is 0.358 bits per heavy atom. The molecule has 0 heterocycles. The van der Waals surface area contributed by atoms with E-state index in [1.165, 1.54) is 231 Å². The summed E-state index contributed by atoms with van der Waals surface area (Å²) in [5.41, 5.74) is 0. The van der Waals surface area contributed by atoms with Gasteiger partial charge in [0.25, 0.3) is 7.59 Å². The average molecular weight is 768 g/mol. The minimum atomic E-state index is -2.92. The summed E-state index contributed by atoms with van der Waals surface area (Å²) in [5, 5.41) is 0. The molecule has 0 aromatic rings. The van der Waals surface area contributed by atoms with E-state index in [1.54, 1.807) is 0 Å². The molecule has 0 saturated carbocycles. The number of rotatable bonds is 45. The standard InChI is InChI=1S/C48H102N3OP/c1-7-13-19-25-31-37-43-49(44-38-32-26-20-14-8-2)53(52,50(45-39-33-27-21-15-9-3)46-40-34-28-22-16-10-4)51(47-41-35-29-23-17-11-5)48-42-36-30-24-18-12-6/h7-48H2,1-6H3. The first-order chi connectivity index (χ1) is 26.1. The molecule has 0 radical (unpaired) electrons. The van der Waals surface area contributed by atoms with Gasteiger partial charge in [0.15, 0.2) is 0 Å². The Balaban J connectivity index is 6.57. The molecule has 0 fully saturated rings. The molecule has 0 amide bonds. The van der Waals surface area contributed by atoms with Crippen LogP contribution >= 0.6 is 7.59 Å². The minimum absolute atomic E-state index is 1.02. The van der Waals surface area contributed by atoms with E-state index in [-0.39, 0.29) is 0 Å². The van der Waals surface area contributed by atoms with Crippen LogP contribution in [0.2, 0.25) is 0 Å². The summed E-state index contributed by atoms with van der Waals surface area (Å²) in [6.45, 7) is 20.0. The highest BCUT2D eigenvalue weighted by atomic mass is 31.2. The zero-order valence-electron chi connectivity index (χ0n) is 37.9. The molecular formula is C48H102N3OP. The highest BCUT2D eigenvalue weighted by molar-refractivity contribution is 7.56. The van der Waals surface area contributed by atoms with Gasteiger partial charge in [-0.3, -0.25) is 4.57 Å². The third-order valence-electron chi connectivity index (χ3n) is 11.7. The molecule has 0 spiro atoms. The topological polar surface area (TPSA) is 26.8 Å². The quantitative estimate of drug-likeness (QED) is 0.0455. The Hall–Kier alpha value is 0.110. The van der Waals surface area contributed by atoms with Crippen LogP contribution in [0.3, 0.4) is 0 Å². The van der Waals surface area contributed by atoms with Gasteiger partial charge in [0, 0.05) is 39.3 Å². The summed E-state index contributed by atoms with van der Waals surface area (Å²) in [5.74, 6) is 0.